The molecule has 1 unspecified atom stereocenters. The summed E-state index contributed by atoms with van der Waals surface area (Å²) in [5, 5.41) is 0. The van der Waals surface area contributed by atoms with Gasteiger partial charge in [0.05, 0.1) is 12.7 Å². The summed E-state index contributed by atoms with van der Waals surface area (Å²) in [5.41, 5.74) is 0. The zero-order chi connectivity index (χ0) is 15.7. The molecule has 0 spiro atoms. The largest absolute Gasteiger partial charge is 0.486 e. The van der Waals surface area contributed by atoms with Gasteiger partial charge in [-0.2, -0.15) is 0 Å². The molecular formula is C19H28O4. The van der Waals surface area contributed by atoms with Gasteiger partial charge in [-0.3, -0.25) is 0 Å². The Morgan fingerprint density at radius 1 is 0.957 bits per heavy atom. The van der Waals surface area contributed by atoms with Crippen LogP contribution in [-0.2, 0) is 9.47 Å². The monoisotopic (exact) mass is 320 g/mol. The molecule has 1 aliphatic carbocycles. The van der Waals surface area contributed by atoms with E-state index in [-0.39, 0.29) is 6.10 Å². The van der Waals surface area contributed by atoms with Gasteiger partial charge in [0.15, 0.2) is 17.6 Å². The zero-order valence-electron chi connectivity index (χ0n) is 13.9. The average Bonchev–Trinajstić information content (AvgIpc) is 3.10. The van der Waals surface area contributed by atoms with Crippen molar-refractivity contribution >= 4 is 0 Å². The lowest BCUT2D eigenvalue weighted by atomic mass is 10.2. The molecule has 128 valence electrons. The molecule has 4 heteroatoms. The maximum absolute atomic E-state index is 5.86. The molecule has 0 radical (unpaired) electrons. The number of hydrogen-bond donors (Lipinski definition) is 0. The second-order valence-electron chi connectivity index (χ2n) is 6.41. The van der Waals surface area contributed by atoms with Gasteiger partial charge in [0.2, 0.25) is 0 Å². The number of rotatable bonds is 9. The van der Waals surface area contributed by atoms with Crippen LogP contribution in [0.25, 0.3) is 0 Å². The second kappa shape index (κ2) is 9.14. The lowest BCUT2D eigenvalue weighted by Crippen LogP contribution is -2.33. The summed E-state index contributed by atoms with van der Waals surface area (Å²) in [4.78, 5) is 0. The van der Waals surface area contributed by atoms with Crippen molar-refractivity contribution in [3.63, 3.8) is 0 Å². The summed E-state index contributed by atoms with van der Waals surface area (Å²) in [6, 6.07) is 7.78. The fourth-order valence-corrected chi connectivity index (χ4v) is 3.15. The Bertz CT molecular complexity index is 456. The van der Waals surface area contributed by atoms with Crippen molar-refractivity contribution in [1.82, 2.24) is 0 Å². The Labute approximate surface area is 139 Å². The molecule has 1 aromatic carbocycles. The van der Waals surface area contributed by atoms with E-state index < -0.39 is 0 Å². The van der Waals surface area contributed by atoms with Gasteiger partial charge in [-0.15, -0.1) is 0 Å². The molecule has 4 nitrogen and oxygen atoms in total. The highest BCUT2D eigenvalue weighted by Crippen LogP contribution is 2.30. The van der Waals surface area contributed by atoms with E-state index in [1.165, 1.54) is 25.7 Å². The number of fused-ring (bicyclic) bond motifs is 1. The van der Waals surface area contributed by atoms with Gasteiger partial charge in [-0.05, 0) is 44.2 Å². The van der Waals surface area contributed by atoms with Crippen LogP contribution in [0.4, 0.5) is 0 Å². The van der Waals surface area contributed by atoms with Crippen LogP contribution in [0.2, 0.25) is 0 Å². The maximum Gasteiger partial charge on any atom is 0.161 e. The van der Waals surface area contributed by atoms with Gasteiger partial charge in [-0.1, -0.05) is 25.0 Å². The molecule has 0 amide bonds. The van der Waals surface area contributed by atoms with E-state index in [1.807, 2.05) is 24.3 Å². The van der Waals surface area contributed by atoms with E-state index in [9.17, 15) is 0 Å². The van der Waals surface area contributed by atoms with Crippen molar-refractivity contribution in [2.75, 3.05) is 26.4 Å². The molecule has 1 fully saturated rings. The minimum Gasteiger partial charge on any atom is -0.486 e. The van der Waals surface area contributed by atoms with Crippen LogP contribution in [0, 0.1) is 0 Å². The first-order valence-corrected chi connectivity index (χ1v) is 8.99. The lowest BCUT2D eigenvalue weighted by molar-refractivity contribution is 0.00680. The van der Waals surface area contributed by atoms with Gasteiger partial charge >= 0.3 is 0 Å². The summed E-state index contributed by atoms with van der Waals surface area (Å²) in [6.45, 7) is 2.84. The molecule has 0 saturated heterocycles. The smallest absolute Gasteiger partial charge is 0.161 e. The molecule has 1 aliphatic heterocycles. The van der Waals surface area contributed by atoms with Gasteiger partial charge in [-0.25, -0.2) is 0 Å². The van der Waals surface area contributed by atoms with Gasteiger partial charge in [0.25, 0.3) is 0 Å². The minimum absolute atomic E-state index is 0.00407. The third-order valence-electron chi connectivity index (χ3n) is 4.46. The van der Waals surface area contributed by atoms with Gasteiger partial charge in [0.1, 0.15) is 6.61 Å². The third-order valence-corrected chi connectivity index (χ3v) is 4.46. The topological polar surface area (TPSA) is 36.9 Å². The van der Waals surface area contributed by atoms with Crippen molar-refractivity contribution < 1.29 is 18.9 Å². The first-order chi connectivity index (χ1) is 11.4. The van der Waals surface area contributed by atoms with Crippen molar-refractivity contribution in [2.45, 2.75) is 57.2 Å². The predicted molar refractivity (Wildman–Crippen MR) is 89.2 cm³/mol. The van der Waals surface area contributed by atoms with Crippen molar-refractivity contribution in [1.29, 1.82) is 0 Å². The minimum atomic E-state index is -0.00407. The molecular weight excluding hydrogens is 292 g/mol. The fourth-order valence-electron chi connectivity index (χ4n) is 3.15. The Kier molecular flexibility index (Phi) is 6.59. The highest BCUT2D eigenvalue weighted by atomic mass is 16.6. The van der Waals surface area contributed by atoms with E-state index in [0.29, 0.717) is 19.3 Å². The maximum atomic E-state index is 5.86. The van der Waals surface area contributed by atoms with Crippen molar-refractivity contribution in [3.8, 4) is 11.5 Å². The lowest BCUT2D eigenvalue weighted by Gasteiger charge is -2.26. The number of benzene rings is 1. The summed E-state index contributed by atoms with van der Waals surface area (Å²) in [7, 11) is 0. The molecule has 3 rings (SSSR count). The van der Waals surface area contributed by atoms with E-state index in [4.69, 9.17) is 18.9 Å². The quantitative estimate of drug-likeness (QED) is 0.645. The zero-order valence-corrected chi connectivity index (χ0v) is 13.9. The average molecular weight is 320 g/mol. The van der Waals surface area contributed by atoms with Crippen LogP contribution in [0.3, 0.4) is 0 Å². The molecule has 1 saturated carbocycles. The van der Waals surface area contributed by atoms with Gasteiger partial charge < -0.3 is 18.9 Å². The standard InChI is InChI=1S/C19H28O4/c1(7-13-21-16-8-2-3-9-16)6-12-20-14-17-15-22-18-10-4-5-11-19(18)23-17/h4-5,10-11,16-17H,1-3,6-9,12-15H2. The van der Waals surface area contributed by atoms with E-state index in [2.05, 4.69) is 0 Å². The predicted octanol–water partition coefficient (Wildman–Crippen LogP) is 3.97. The molecule has 2 aliphatic rings. The molecule has 1 heterocycles. The number of hydrogen-bond acceptors (Lipinski definition) is 4. The second-order valence-corrected chi connectivity index (χ2v) is 6.41. The molecule has 1 aromatic rings. The molecule has 23 heavy (non-hydrogen) atoms. The highest BCUT2D eigenvalue weighted by molar-refractivity contribution is 5.40. The number of para-hydroxylation sites is 2. The van der Waals surface area contributed by atoms with Crippen LogP contribution >= 0.6 is 0 Å². The first kappa shape index (κ1) is 16.6. The van der Waals surface area contributed by atoms with E-state index in [1.54, 1.807) is 0 Å². The first-order valence-electron chi connectivity index (χ1n) is 8.99. The molecule has 1 atom stereocenters. The van der Waals surface area contributed by atoms with Crippen LogP contribution in [0.15, 0.2) is 24.3 Å². The number of ether oxygens (including phenoxy) is 4. The van der Waals surface area contributed by atoms with E-state index >= 15 is 0 Å². The third kappa shape index (κ3) is 5.40. The van der Waals surface area contributed by atoms with Crippen molar-refractivity contribution in [3.05, 3.63) is 24.3 Å². The fraction of sp³-hybridized carbons (Fsp3) is 0.684. The van der Waals surface area contributed by atoms with Crippen molar-refractivity contribution in [2.24, 2.45) is 0 Å². The molecule has 0 aromatic heterocycles. The Morgan fingerprint density at radius 2 is 1.74 bits per heavy atom. The van der Waals surface area contributed by atoms with Gasteiger partial charge in [0, 0.05) is 13.2 Å². The summed E-state index contributed by atoms with van der Waals surface area (Å²) < 4.78 is 23.1. The summed E-state index contributed by atoms with van der Waals surface area (Å²) >= 11 is 0. The number of unbranched alkanes of at least 4 members (excludes halogenated alkanes) is 2. The SMILES string of the molecule is c1ccc2c(c1)OCC(COCCCCCOC1CCCC1)O2. The molecule has 0 bridgehead atoms. The van der Waals surface area contributed by atoms with Crippen LogP contribution < -0.4 is 9.47 Å². The van der Waals surface area contributed by atoms with Crippen LogP contribution in [-0.4, -0.2) is 38.6 Å². The van der Waals surface area contributed by atoms with Crippen LogP contribution in [0.1, 0.15) is 44.9 Å². The normalized spacial score (nSPS) is 20.8. The summed E-state index contributed by atoms with van der Waals surface area (Å²) in [6.07, 6.45) is 9.12. The Balaban J connectivity index is 1.18. The summed E-state index contributed by atoms with van der Waals surface area (Å²) in [5.74, 6) is 1.64. The highest BCUT2D eigenvalue weighted by Gasteiger charge is 2.20. The van der Waals surface area contributed by atoms with Crippen LogP contribution in [0.5, 0.6) is 11.5 Å². The van der Waals surface area contributed by atoms with E-state index in [0.717, 1.165) is 44.0 Å². The Morgan fingerprint density at radius 3 is 2.61 bits per heavy atom. The Hall–Kier alpha value is -1.26. The molecule has 0 N–H and O–H groups in total.